The fourth-order valence-electron chi connectivity index (χ4n) is 0.534. The molecular formula is C8H12O4Zn. The summed E-state index contributed by atoms with van der Waals surface area (Å²) >= 11 is 0. The van der Waals surface area contributed by atoms with Crippen LogP contribution in [0.15, 0.2) is 12.7 Å². The predicted molar refractivity (Wildman–Crippen MR) is 42.6 cm³/mol. The van der Waals surface area contributed by atoms with Crippen molar-refractivity contribution < 1.29 is 38.9 Å². The van der Waals surface area contributed by atoms with Gasteiger partial charge in [0.1, 0.15) is 6.10 Å². The maximum Gasteiger partial charge on any atom is 0.330 e. The van der Waals surface area contributed by atoms with E-state index in [2.05, 4.69) is 11.3 Å². The van der Waals surface area contributed by atoms with E-state index in [9.17, 15) is 9.59 Å². The fourth-order valence-corrected chi connectivity index (χ4v) is 0.534. The Balaban J connectivity index is 0. The van der Waals surface area contributed by atoms with Gasteiger partial charge >= 0.3 is 11.9 Å². The van der Waals surface area contributed by atoms with Gasteiger partial charge < -0.3 is 9.84 Å². The Bertz CT molecular complexity index is 202. The molecule has 0 rings (SSSR count). The number of carboxylic acid groups (broad SMARTS) is 1. The van der Waals surface area contributed by atoms with Crippen molar-refractivity contribution in [2.45, 2.75) is 20.0 Å². The first-order valence-electron chi connectivity index (χ1n) is 3.55. The molecule has 0 bridgehead atoms. The molecule has 13 heavy (non-hydrogen) atoms. The van der Waals surface area contributed by atoms with Crippen molar-refractivity contribution in [3.8, 4) is 0 Å². The Morgan fingerprint density at radius 2 is 1.92 bits per heavy atom. The third-order valence-corrected chi connectivity index (χ3v) is 1.56. The molecule has 0 fully saturated rings. The van der Waals surface area contributed by atoms with Crippen molar-refractivity contribution in [2.24, 2.45) is 5.92 Å². The number of carboxylic acids is 1. The molecule has 0 aromatic heterocycles. The van der Waals surface area contributed by atoms with E-state index in [0.717, 1.165) is 6.08 Å². The molecule has 0 heterocycles. The average Bonchev–Trinajstić information content (AvgIpc) is 2.02. The molecule has 2 atom stereocenters. The summed E-state index contributed by atoms with van der Waals surface area (Å²) in [4.78, 5) is 21.0. The minimum absolute atomic E-state index is 0. The van der Waals surface area contributed by atoms with E-state index < -0.39 is 24.0 Å². The molecule has 0 aliphatic heterocycles. The van der Waals surface area contributed by atoms with Crippen molar-refractivity contribution in [3.63, 3.8) is 0 Å². The summed E-state index contributed by atoms with van der Waals surface area (Å²) in [6, 6.07) is 0. The molecule has 1 N–H and O–H groups in total. The van der Waals surface area contributed by atoms with E-state index in [1.165, 1.54) is 13.8 Å². The van der Waals surface area contributed by atoms with Gasteiger partial charge in [-0.2, -0.15) is 0 Å². The van der Waals surface area contributed by atoms with Crippen LogP contribution in [-0.2, 0) is 33.8 Å². The van der Waals surface area contributed by atoms with E-state index in [0.29, 0.717) is 0 Å². The summed E-state index contributed by atoms with van der Waals surface area (Å²) < 4.78 is 4.68. The molecule has 0 radical (unpaired) electrons. The van der Waals surface area contributed by atoms with Gasteiger partial charge in [-0.1, -0.05) is 6.58 Å². The van der Waals surface area contributed by atoms with Crippen molar-refractivity contribution >= 4 is 11.9 Å². The Kier molecular flexibility index (Phi) is 7.72. The Labute approximate surface area is 89.7 Å². The largest absolute Gasteiger partial charge is 0.481 e. The van der Waals surface area contributed by atoms with Gasteiger partial charge in [-0.15, -0.1) is 0 Å². The molecule has 0 aliphatic carbocycles. The van der Waals surface area contributed by atoms with Gasteiger partial charge in [-0.3, -0.25) is 4.79 Å². The number of rotatable bonds is 4. The van der Waals surface area contributed by atoms with E-state index in [4.69, 9.17) is 5.11 Å². The van der Waals surface area contributed by atoms with Crippen molar-refractivity contribution in [1.82, 2.24) is 0 Å². The first-order valence-corrected chi connectivity index (χ1v) is 3.55. The van der Waals surface area contributed by atoms with Crippen LogP contribution in [0.25, 0.3) is 0 Å². The monoisotopic (exact) mass is 236 g/mol. The van der Waals surface area contributed by atoms with Crippen molar-refractivity contribution in [3.05, 3.63) is 12.7 Å². The molecule has 2 unspecified atom stereocenters. The van der Waals surface area contributed by atoms with Gasteiger partial charge in [-0.05, 0) is 13.8 Å². The van der Waals surface area contributed by atoms with E-state index >= 15 is 0 Å². The van der Waals surface area contributed by atoms with E-state index in [1.54, 1.807) is 0 Å². The molecule has 0 aromatic carbocycles. The number of hydrogen-bond acceptors (Lipinski definition) is 3. The number of esters is 1. The van der Waals surface area contributed by atoms with Gasteiger partial charge in [0.05, 0.1) is 5.92 Å². The topological polar surface area (TPSA) is 63.6 Å². The Morgan fingerprint density at radius 1 is 1.46 bits per heavy atom. The van der Waals surface area contributed by atoms with Gasteiger partial charge in [0.2, 0.25) is 0 Å². The molecule has 0 amide bonds. The third kappa shape index (κ3) is 5.53. The summed E-state index contributed by atoms with van der Waals surface area (Å²) in [5, 5.41) is 8.52. The van der Waals surface area contributed by atoms with Gasteiger partial charge in [0, 0.05) is 25.6 Å². The van der Waals surface area contributed by atoms with Crippen LogP contribution in [0.5, 0.6) is 0 Å². The smallest absolute Gasteiger partial charge is 0.330 e. The normalized spacial score (nSPS) is 13.4. The molecule has 0 saturated carbocycles. The first-order chi connectivity index (χ1) is 5.49. The number of hydrogen-bond donors (Lipinski definition) is 1. The number of ether oxygens (including phenoxy) is 1. The van der Waals surface area contributed by atoms with E-state index in [1.807, 2.05) is 0 Å². The molecule has 0 saturated heterocycles. The first kappa shape index (κ1) is 14.8. The molecule has 70 valence electrons. The maximum absolute atomic E-state index is 10.6. The van der Waals surface area contributed by atoms with Gasteiger partial charge in [0.15, 0.2) is 0 Å². The van der Waals surface area contributed by atoms with Crippen LogP contribution in [0.3, 0.4) is 0 Å². The zero-order valence-corrected chi connectivity index (χ0v) is 10.8. The van der Waals surface area contributed by atoms with Crippen LogP contribution < -0.4 is 0 Å². The molecule has 5 heteroatoms. The van der Waals surface area contributed by atoms with Crippen molar-refractivity contribution in [1.29, 1.82) is 0 Å². The molecule has 0 aromatic rings. The van der Waals surface area contributed by atoms with Gasteiger partial charge in [0.25, 0.3) is 0 Å². The Hall–Kier alpha value is -0.697. The quantitative estimate of drug-likeness (QED) is 0.447. The van der Waals surface area contributed by atoms with Crippen LogP contribution in [0.1, 0.15) is 13.8 Å². The second kappa shape index (κ2) is 6.78. The standard InChI is InChI=1S/C8H12O4.Zn/c1-4-7(9)12-6(3)5(2)8(10)11;/h4-6H,1H2,2-3H3,(H,10,11);. The Morgan fingerprint density at radius 3 is 2.23 bits per heavy atom. The van der Waals surface area contributed by atoms with Crippen LogP contribution in [-0.4, -0.2) is 23.1 Å². The molecular weight excluding hydrogens is 225 g/mol. The van der Waals surface area contributed by atoms with E-state index in [-0.39, 0.29) is 19.5 Å². The second-order valence-corrected chi connectivity index (χ2v) is 2.47. The third-order valence-electron chi connectivity index (χ3n) is 1.56. The number of carbonyl (C=O) groups excluding carboxylic acids is 1. The molecule has 0 aliphatic rings. The summed E-state index contributed by atoms with van der Waals surface area (Å²) in [6.45, 7) is 6.20. The van der Waals surface area contributed by atoms with Crippen LogP contribution >= 0.6 is 0 Å². The van der Waals surface area contributed by atoms with Crippen LogP contribution in [0, 0.1) is 5.92 Å². The molecule has 0 spiro atoms. The van der Waals surface area contributed by atoms with Crippen molar-refractivity contribution in [2.75, 3.05) is 0 Å². The number of aliphatic carboxylic acids is 1. The second-order valence-electron chi connectivity index (χ2n) is 2.47. The predicted octanol–water partition coefficient (Wildman–Crippen LogP) is 0.822. The summed E-state index contributed by atoms with van der Waals surface area (Å²) in [7, 11) is 0. The van der Waals surface area contributed by atoms with Crippen LogP contribution in [0.2, 0.25) is 0 Å². The van der Waals surface area contributed by atoms with Crippen LogP contribution in [0.4, 0.5) is 0 Å². The summed E-state index contributed by atoms with van der Waals surface area (Å²) in [5.41, 5.74) is 0. The summed E-state index contributed by atoms with van der Waals surface area (Å²) in [6.07, 6.45) is 0.374. The minimum Gasteiger partial charge on any atom is -0.481 e. The zero-order valence-electron chi connectivity index (χ0n) is 7.82. The SMILES string of the molecule is C=CC(=O)OC(C)C(C)C(=O)O.[Zn]. The zero-order chi connectivity index (χ0) is 9.72. The molecule has 4 nitrogen and oxygen atoms in total. The van der Waals surface area contributed by atoms with Gasteiger partial charge in [-0.25, -0.2) is 4.79 Å². The average molecular weight is 238 g/mol. The minimum atomic E-state index is -0.987. The maximum atomic E-state index is 10.6. The summed E-state index contributed by atoms with van der Waals surface area (Å²) in [5.74, 6) is -2.29. The fraction of sp³-hybridized carbons (Fsp3) is 0.500. The number of carbonyl (C=O) groups is 2.